The normalized spacial score (nSPS) is 19.6. The average Bonchev–Trinajstić information content (AvgIpc) is 2.87. The highest BCUT2D eigenvalue weighted by Gasteiger charge is 2.32. The monoisotopic (exact) mass is 300 g/mol. The molecule has 2 atom stereocenters. The van der Waals surface area contributed by atoms with Crippen LogP contribution in [0, 0.1) is 27.7 Å². The number of hydrogen-bond donors (Lipinski definition) is 1. The molecule has 1 N–H and O–H groups in total. The summed E-state index contributed by atoms with van der Waals surface area (Å²) >= 11 is 0. The van der Waals surface area contributed by atoms with Gasteiger partial charge in [-0.3, -0.25) is 14.9 Å². The van der Waals surface area contributed by atoms with Gasteiger partial charge in [-0.25, -0.2) is 4.39 Å². The quantitative estimate of drug-likeness (QED) is 0.680. The number of hydrogen-bond acceptors (Lipinski definition) is 4. The topological polar surface area (TPSA) is 83.7 Å². The van der Waals surface area contributed by atoms with Gasteiger partial charge in [-0.15, -0.1) is 0 Å². The molecule has 0 radical (unpaired) electrons. The molecule has 114 valence electrons. The van der Waals surface area contributed by atoms with Crippen molar-refractivity contribution < 1.29 is 23.6 Å². The second kappa shape index (κ2) is 5.72. The van der Waals surface area contributed by atoms with Crippen LogP contribution in [0.25, 0.3) is 0 Å². The molecule has 21 heavy (non-hydrogen) atoms. The van der Waals surface area contributed by atoms with E-state index in [1.165, 1.54) is 4.90 Å². The molecule has 1 amide bonds. The zero-order valence-electron chi connectivity index (χ0n) is 11.3. The van der Waals surface area contributed by atoms with Crippen molar-refractivity contribution in [1.29, 1.82) is 0 Å². The van der Waals surface area contributed by atoms with Gasteiger partial charge >= 0.3 is 5.69 Å². The van der Waals surface area contributed by atoms with Gasteiger partial charge in [0.25, 0.3) is 5.91 Å². The van der Waals surface area contributed by atoms with E-state index in [1.54, 1.807) is 6.92 Å². The third kappa shape index (κ3) is 2.99. The predicted molar refractivity (Wildman–Crippen MR) is 68.7 cm³/mol. The lowest BCUT2D eigenvalue weighted by atomic mass is 10.0. The number of aliphatic hydroxyl groups is 1. The van der Waals surface area contributed by atoms with Crippen molar-refractivity contribution in [2.45, 2.75) is 19.4 Å². The number of carbonyl (C=O) groups is 1. The van der Waals surface area contributed by atoms with Crippen molar-refractivity contribution in [3.8, 4) is 0 Å². The van der Waals surface area contributed by atoms with Crippen LogP contribution in [0.4, 0.5) is 14.5 Å². The van der Waals surface area contributed by atoms with Crippen LogP contribution in [0.1, 0.15) is 23.7 Å². The third-order valence-corrected chi connectivity index (χ3v) is 3.66. The van der Waals surface area contributed by atoms with E-state index in [0.29, 0.717) is 25.1 Å². The fraction of sp³-hybridized carbons (Fsp3) is 0.462. The first kappa shape index (κ1) is 15.3. The van der Waals surface area contributed by atoms with E-state index in [2.05, 4.69) is 0 Å². The molecule has 1 aromatic carbocycles. The van der Waals surface area contributed by atoms with E-state index in [4.69, 9.17) is 0 Å². The second-order valence-corrected chi connectivity index (χ2v) is 5.08. The number of carbonyl (C=O) groups excluding carboxylic acids is 1. The average molecular weight is 300 g/mol. The van der Waals surface area contributed by atoms with Crippen LogP contribution in [-0.2, 0) is 0 Å². The molecule has 1 aliphatic rings. The number of nitro benzene ring substituents is 1. The Hall–Kier alpha value is -2.09. The van der Waals surface area contributed by atoms with Crippen molar-refractivity contribution in [3.63, 3.8) is 0 Å². The largest absolute Gasteiger partial charge is 0.393 e. The Balaban J connectivity index is 2.28. The Morgan fingerprint density at radius 2 is 2.14 bits per heavy atom. The fourth-order valence-corrected chi connectivity index (χ4v) is 2.38. The van der Waals surface area contributed by atoms with Crippen LogP contribution in [-0.4, -0.2) is 40.0 Å². The first-order valence-corrected chi connectivity index (χ1v) is 6.42. The number of halogens is 2. The highest BCUT2D eigenvalue weighted by molar-refractivity contribution is 5.95. The van der Waals surface area contributed by atoms with Gasteiger partial charge in [-0.05, 0) is 13.3 Å². The summed E-state index contributed by atoms with van der Waals surface area (Å²) in [7, 11) is 0. The number of likely N-dealkylation sites (tertiary alicyclic amines) is 1. The molecule has 0 aromatic heterocycles. The molecule has 2 rings (SSSR count). The summed E-state index contributed by atoms with van der Waals surface area (Å²) in [4.78, 5) is 23.1. The molecular weight excluding hydrogens is 286 g/mol. The van der Waals surface area contributed by atoms with Gasteiger partial charge in [0.1, 0.15) is 5.82 Å². The van der Waals surface area contributed by atoms with Gasteiger partial charge in [0.05, 0.1) is 16.6 Å². The Kier molecular flexibility index (Phi) is 4.17. The number of nitrogens with zero attached hydrogens (tertiary/aromatic N) is 2. The summed E-state index contributed by atoms with van der Waals surface area (Å²) in [6.45, 7) is 2.15. The van der Waals surface area contributed by atoms with Gasteiger partial charge in [-0.1, -0.05) is 0 Å². The molecule has 1 aliphatic heterocycles. The predicted octanol–water partition coefficient (Wildman–Crippen LogP) is 1.72. The zero-order valence-corrected chi connectivity index (χ0v) is 11.3. The molecule has 0 aliphatic carbocycles. The van der Waals surface area contributed by atoms with Crippen molar-refractivity contribution in [2.75, 3.05) is 13.1 Å². The van der Waals surface area contributed by atoms with Crippen molar-refractivity contribution in [3.05, 3.63) is 39.4 Å². The van der Waals surface area contributed by atoms with E-state index in [1.807, 2.05) is 0 Å². The number of amides is 1. The Morgan fingerprint density at radius 1 is 1.48 bits per heavy atom. The smallest absolute Gasteiger partial charge is 0.305 e. The van der Waals surface area contributed by atoms with Crippen molar-refractivity contribution >= 4 is 11.6 Å². The van der Waals surface area contributed by atoms with Crippen molar-refractivity contribution in [2.24, 2.45) is 5.92 Å². The van der Waals surface area contributed by atoms with Gasteiger partial charge in [-0.2, -0.15) is 4.39 Å². The molecule has 8 heteroatoms. The molecular formula is C13H14F2N2O4. The van der Waals surface area contributed by atoms with Crippen LogP contribution < -0.4 is 0 Å². The lowest BCUT2D eigenvalue weighted by Crippen LogP contribution is -2.31. The summed E-state index contributed by atoms with van der Waals surface area (Å²) in [6.07, 6.45) is -0.0379. The van der Waals surface area contributed by atoms with E-state index < -0.39 is 39.8 Å². The first-order valence-electron chi connectivity index (χ1n) is 6.42. The summed E-state index contributed by atoms with van der Waals surface area (Å²) in [5, 5.41) is 20.1. The maximum Gasteiger partial charge on any atom is 0.305 e. The maximum atomic E-state index is 13.7. The summed E-state index contributed by atoms with van der Waals surface area (Å²) in [5.74, 6) is -3.31. The van der Waals surface area contributed by atoms with Gasteiger partial charge < -0.3 is 10.0 Å². The lowest BCUT2D eigenvalue weighted by molar-refractivity contribution is -0.387. The molecule has 0 spiro atoms. The van der Waals surface area contributed by atoms with Crippen molar-refractivity contribution in [1.82, 2.24) is 4.90 Å². The van der Waals surface area contributed by atoms with Gasteiger partial charge in [0.15, 0.2) is 0 Å². The summed E-state index contributed by atoms with van der Waals surface area (Å²) in [6, 6.07) is 0.955. The van der Waals surface area contributed by atoms with Crippen LogP contribution in [0.3, 0.4) is 0 Å². The number of aliphatic hydroxyl groups excluding tert-OH is 1. The number of benzene rings is 1. The number of rotatable bonds is 3. The standard InChI is InChI=1S/C13H14F2N2O4/c1-7(18)8-2-3-16(6-8)13(19)9-4-12(17(20)21)11(15)5-10(9)14/h4-5,7-8,18H,2-3,6H2,1H3. The van der Waals surface area contributed by atoms with Crippen LogP contribution in [0.5, 0.6) is 0 Å². The van der Waals surface area contributed by atoms with Gasteiger partial charge in [0, 0.05) is 31.1 Å². The minimum Gasteiger partial charge on any atom is -0.393 e. The highest BCUT2D eigenvalue weighted by Crippen LogP contribution is 2.26. The molecule has 0 saturated carbocycles. The Labute approximate surface area is 119 Å². The van der Waals surface area contributed by atoms with E-state index in [9.17, 15) is 28.8 Å². The van der Waals surface area contributed by atoms with Gasteiger partial charge in [0.2, 0.25) is 5.82 Å². The molecule has 1 fully saturated rings. The zero-order chi connectivity index (χ0) is 15.7. The first-order chi connectivity index (χ1) is 9.81. The highest BCUT2D eigenvalue weighted by atomic mass is 19.1. The van der Waals surface area contributed by atoms with Crippen LogP contribution >= 0.6 is 0 Å². The molecule has 0 bridgehead atoms. The SMILES string of the molecule is CC(O)C1CCN(C(=O)c2cc([N+](=O)[O-])c(F)cc2F)C1. The minimum absolute atomic E-state index is 0.118. The lowest BCUT2D eigenvalue weighted by Gasteiger charge is -2.18. The summed E-state index contributed by atoms with van der Waals surface area (Å²) < 4.78 is 26.9. The van der Waals surface area contributed by atoms with Crippen LogP contribution in [0.15, 0.2) is 12.1 Å². The minimum atomic E-state index is -1.32. The third-order valence-electron chi connectivity index (χ3n) is 3.66. The van der Waals surface area contributed by atoms with E-state index in [0.717, 1.165) is 0 Å². The van der Waals surface area contributed by atoms with E-state index >= 15 is 0 Å². The molecule has 1 saturated heterocycles. The molecule has 6 nitrogen and oxygen atoms in total. The molecule has 1 aromatic rings. The summed E-state index contributed by atoms with van der Waals surface area (Å²) in [5.41, 5.74) is -1.47. The Morgan fingerprint density at radius 3 is 2.67 bits per heavy atom. The second-order valence-electron chi connectivity index (χ2n) is 5.08. The van der Waals surface area contributed by atoms with Crippen LogP contribution in [0.2, 0.25) is 0 Å². The molecule has 1 heterocycles. The van der Waals surface area contributed by atoms with E-state index in [-0.39, 0.29) is 12.5 Å². The Bertz CT molecular complexity index is 592. The molecule has 2 unspecified atom stereocenters. The maximum absolute atomic E-state index is 13.7. The fourth-order valence-electron chi connectivity index (χ4n) is 2.38. The number of nitro groups is 1.